The third-order valence-electron chi connectivity index (χ3n) is 7.88. The van der Waals surface area contributed by atoms with Gasteiger partial charge in [0.25, 0.3) is 10.2 Å². The number of rotatable bonds is 4. The first-order valence-electron chi connectivity index (χ1n) is 16.1. The van der Waals surface area contributed by atoms with Crippen molar-refractivity contribution in [2.45, 2.75) is 84.8 Å². The largest absolute Gasteiger partial charge is 0.634 e. The van der Waals surface area contributed by atoms with Crippen molar-refractivity contribution in [3.8, 4) is 0 Å². The molecule has 53 heavy (non-hydrogen) atoms. The van der Waals surface area contributed by atoms with Gasteiger partial charge in [0.15, 0.2) is 11.9 Å². The Kier molecular flexibility index (Phi) is 31.8. The van der Waals surface area contributed by atoms with Gasteiger partial charge >= 0.3 is 0 Å². The van der Waals surface area contributed by atoms with Gasteiger partial charge in [-0.2, -0.15) is 0 Å². The van der Waals surface area contributed by atoms with Gasteiger partial charge in [-0.25, -0.2) is 0 Å². The van der Waals surface area contributed by atoms with Gasteiger partial charge in [-0.15, -0.1) is 20.2 Å². The highest BCUT2D eigenvalue weighted by Gasteiger charge is 2.35. The van der Waals surface area contributed by atoms with Crippen molar-refractivity contribution >= 4 is 87.6 Å². The molecule has 5 fully saturated rings. The van der Waals surface area contributed by atoms with Crippen LogP contribution in [0, 0.1) is 46.3 Å². The van der Waals surface area contributed by atoms with E-state index < -0.39 is 34.6 Å². The summed E-state index contributed by atoms with van der Waals surface area (Å²) in [5.74, 6) is 0.402. The minimum Gasteiger partial charge on any atom is -0.634 e. The Morgan fingerprint density at radius 2 is 1.04 bits per heavy atom. The second-order valence-electron chi connectivity index (χ2n) is 12.0. The standard InChI is InChI=1S/C5H9Br2NO.C5H8BrNO2.C5H9N3O7.C5H11NO3.C5H9NO2.CH4.Br2/c6-4-1-2-8(9)3-5(4)7;6-4-3-7(9)2-1-5(4)8;9-6-2-1-4(14-7(10)11)5(3-6)15-8(12)13;7-4-1-2-6(9)3-5(4)8;7-5-1-3-6(8)4-2-5;;1-2/h4-5,8H,1-3H2;4,7H,1-3H2;4-6H,1-3H2;4-8H,1-3H2;6H,1-4H2;1H4;. The molecule has 5 heterocycles. The highest BCUT2D eigenvalue weighted by molar-refractivity contribution is 9.93. The molecular weight excluding hydrogens is 1050 g/mol. The average Bonchev–Trinajstić information content (AvgIpc) is 3.07. The molecule has 0 aromatic carbocycles. The topological polar surface area (TPSA) is 317 Å². The van der Waals surface area contributed by atoms with Crippen LogP contribution in [-0.4, -0.2) is 136 Å². The number of hydrogen-bond donors (Lipinski definition) is 7. The summed E-state index contributed by atoms with van der Waals surface area (Å²) in [6, 6.07) is 0. The van der Waals surface area contributed by atoms with Crippen molar-refractivity contribution in [2.75, 3.05) is 65.4 Å². The maximum Gasteiger partial charge on any atom is 0.295 e. The second kappa shape index (κ2) is 30.8. The Labute approximate surface area is 347 Å². The highest BCUT2D eigenvalue weighted by atomic mass is 80.9. The van der Waals surface area contributed by atoms with Gasteiger partial charge in [0, 0.05) is 52.3 Å². The SMILES string of the molecule is BrBr.C.O=C1CC[NH+]([O-])CC1.O=C1CC[NH+]([O-])CC1Br.O=[N+]([O-])OC1CC[NH+]([O-])CC1O[N+](=O)[O-].[O-][NH+]1CCC(Br)C(Br)C1.[O-][NH+]1CCC(O)C(O)C1. The van der Waals surface area contributed by atoms with Crippen LogP contribution >= 0.6 is 76.0 Å². The molecule has 5 aliphatic heterocycles. The number of halogens is 5. The lowest BCUT2D eigenvalue weighted by Gasteiger charge is -2.34. The van der Waals surface area contributed by atoms with Crippen molar-refractivity contribution in [1.82, 2.24) is 0 Å². The molecule has 0 amide bonds. The third kappa shape index (κ3) is 26.3. The van der Waals surface area contributed by atoms with Crippen molar-refractivity contribution in [3.05, 3.63) is 46.3 Å². The average molecular weight is 1100 g/mol. The fourth-order valence-corrected chi connectivity index (χ4v) is 6.57. The molecule has 0 aromatic rings. The van der Waals surface area contributed by atoms with Crippen LogP contribution in [0.4, 0.5) is 0 Å². The third-order valence-corrected chi connectivity index (χ3v) is 11.5. The number of ketones is 2. The van der Waals surface area contributed by atoms with Gasteiger partial charge in [0.05, 0.1) is 82.6 Å². The number of piperidine rings is 5. The van der Waals surface area contributed by atoms with E-state index in [9.17, 15) is 55.9 Å². The summed E-state index contributed by atoms with van der Waals surface area (Å²) in [4.78, 5) is 50.3. The predicted molar refractivity (Wildman–Crippen MR) is 207 cm³/mol. The molecule has 0 spiro atoms. The Hall–Kier alpha value is -0.340. The molecular formula is C26H50Br5N7O15. The number of alkyl halides is 3. The Bertz CT molecular complexity index is 1020. The Morgan fingerprint density at radius 3 is 1.47 bits per heavy atom. The number of Topliss-reactive ketones (excluding diaryl/α,β-unsaturated/α-hetero) is 2. The first-order valence-corrected chi connectivity index (χ1v) is 22.5. The number of aliphatic hydroxyl groups excluding tert-OH is 2. The van der Waals surface area contributed by atoms with Crippen LogP contribution in [0.1, 0.15) is 46.0 Å². The van der Waals surface area contributed by atoms with Crippen LogP contribution in [0.5, 0.6) is 0 Å². The molecule has 11 unspecified atom stereocenters. The zero-order chi connectivity index (χ0) is 40.0. The van der Waals surface area contributed by atoms with Crippen molar-refractivity contribution in [2.24, 2.45) is 0 Å². The molecule has 0 radical (unpaired) electrons. The van der Waals surface area contributed by atoms with E-state index in [0.717, 1.165) is 13.0 Å². The first kappa shape index (κ1) is 54.8. The van der Waals surface area contributed by atoms with E-state index in [2.05, 4.69) is 85.7 Å². The molecule has 22 nitrogen and oxygen atoms in total. The molecule has 0 saturated carbocycles. The minimum atomic E-state index is -1.19. The molecule has 27 heteroatoms. The quantitative estimate of drug-likeness (QED) is 0.0609. The van der Waals surface area contributed by atoms with Gasteiger partial charge < -0.3 is 71.2 Å². The van der Waals surface area contributed by atoms with Gasteiger partial charge in [-0.05, 0) is 0 Å². The van der Waals surface area contributed by atoms with Gasteiger partial charge in [0.2, 0.25) is 0 Å². The zero-order valence-electron chi connectivity index (χ0n) is 27.8. The summed E-state index contributed by atoms with van der Waals surface area (Å²) < 4.78 is 0. The van der Waals surface area contributed by atoms with E-state index in [1.807, 2.05) is 0 Å². The van der Waals surface area contributed by atoms with Gasteiger partial charge in [0.1, 0.15) is 35.9 Å². The van der Waals surface area contributed by atoms with E-state index in [-0.39, 0.29) is 70.1 Å². The van der Waals surface area contributed by atoms with Crippen LogP contribution in [0.25, 0.3) is 0 Å². The van der Waals surface area contributed by atoms with Crippen LogP contribution in [0.3, 0.4) is 0 Å². The van der Waals surface area contributed by atoms with E-state index >= 15 is 0 Å². The number of nitrogens with zero attached hydrogens (tertiary/aromatic N) is 2. The monoisotopic (exact) mass is 1090 g/mol. The first-order chi connectivity index (χ1) is 24.4. The maximum atomic E-state index is 11.0. The zero-order valence-corrected chi connectivity index (χ0v) is 35.8. The molecule has 5 rings (SSSR count). The fourth-order valence-electron chi connectivity index (χ4n) is 4.94. The normalized spacial score (nSPS) is 33.9. The lowest BCUT2D eigenvalue weighted by atomic mass is 10.1. The minimum absolute atomic E-state index is 0. The molecule has 0 aliphatic carbocycles. The summed E-state index contributed by atoms with van der Waals surface area (Å²) in [6.07, 6.45) is -0.886. The molecule has 5 saturated heterocycles. The number of hydrogen-bond acceptors (Lipinski definition) is 15. The number of aliphatic hydroxyl groups is 2. The van der Waals surface area contributed by atoms with E-state index in [0.29, 0.717) is 79.7 Å². The van der Waals surface area contributed by atoms with Crippen LogP contribution in [-0.2, 0) is 19.3 Å². The van der Waals surface area contributed by atoms with Crippen LogP contribution in [0.15, 0.2) is 0 Å². The summed E-state index contributed by atoms with van der Waals surface area (Å²) in [6.45, 7) is 3.65. The molecule has 11 atom stereocenters. The lowest BCUT2D eigenvalue weighted by molar-refractivity contribution is -0.886. The Balaban J connectivity index is 0. The highest BCUT2D eigenvalue weighted by Crippen LogP contribution is 2.17. The number of nitrogens with one attached hydrogen (secondary N) is 5. The molecule has 5 aliphatic rings. The summed E-state index contributed by atoms with van der Waals surface area (Å²) in [5.41, 5.74) is 0. The van der Waals surface area contributed by atoms with E-state index in [4.69, 9.17) is 10.2 Å². The second-order valence-corrected chi connectivity index (χ2v) is 15.5. The van der Waals surface area contributed by atoms with Gasteiger partial charge in [-0.1, -0.05) is 55.2 Å². The lowest BCUT2D eigenvalue weighted by Crippen LogP contribution is -3.10. The number of carbonyl (C=O) groups is 2. The summed E-state index contributed by atoms with van der Waals surface area (Å²) >= 11 is 15.5. The number of hydroxylamine groups is 10. The summed E-state index contributed by atoms with van der Waals surface area (Å²) in [5, 5.41) is 89.7. The van der Waals surface area contributed by atoms with Crippen molar-refractivity contribution < 1.29 is 65.0 Å². The number of quaternary nitrogens is 5. The van der Waals surface area contributed by atoms with Crippen LogP contribution < -0.4 is 25.3 Å². The molecule has 0 aromatic heterocycles. The smallest absolute Gasteiger partial charge is 0.295 e. The number of carbonyl (C=O) groups excluding carboxylic acids is 2. The van der Waals surface area contributed by atoms with Crippen LogP contribution in [0.2, 0.25) is 0 Å². The summed E-state index contributed by atoms with van der Waals surface area (Å²) in [7, 11) is 0. The fraction of sp³-hybridized carbons (Fsp3) is 0.923. The van der Waals surface area contributed by atoms with E-state index in [1.165, 1.54) is 0 Å². The predicted octanol–water partition coefficient (Wildman–Crippen LogP) is -4.11. The van der Waals surface area contributed by atoms with Crippen molar-refractivity contribution in [3.63, 3.8) is 0 Å². The van der Waals surface area contributed by atoms with E-state index in [1.54, 1.807) is 0 Å². The molecule has 0 bridgehead atoms. The molecule has 7 N–H and O–H groups in total. The molecule has 314 valence electrons. The van der Waals surface area contributed by atoms with Gasteiger partial charge in [-0.3, -0.25) is 9.59 Å². The maximum absolute atomic E-state index is 11.0. The Morgan fingerprint density at radius 1 is 0.585 bits per heavy atom. The van der Waals surface area contributed by atoms with Crippen molar-refractivity contribution in [1.29, 1.82) is 0 Å².